The summed E-state index contributed by atoms with van der Waals surface area (Å²) in [5.74, 6) is 0.0889. The summed E-state index contributed by atoms with van der Waals surface area (Å²) in [7, 11) is 0. The van der Waals surface area contributed by atoms with Gasteiger partial charge in [-0.15, -0.1) is 0 Å². The predicted molar refractivity (Wildman–Crippen MR) is 54.2 cm³/mol. The molecule has 3 nitrogen and oxygen atoms in total. The third-order valence-electron chi connectivity index (χ3n) is 2.51. The zero-order valence-electron chi connectivity index (χ0n) is 8.32. The fourth-order valence-corrected chi connectivity index (χ4v) is 1.59. The highest BCUT2D eigenvalue weighted by molar-refractivity contribution is 5.82. The molecule has 1 aromatic carbocycles. The Labute approximate surface area is 82.3 Å². The van der Waals surface area contributed by atoms with Gasteiger partial charge < -0.3 is 9.63 Å². The Kier molecular flexibility index (Phi) is 2.25. The molecule has 0 bridgehead atoms. The summed E-state index contributed by atoms with van der Waals surface area (Å²) in [5, 5.41) is 14.0. The number of benzene rings is 1. The van der Waals surface area contributed by atoms with Gasteiger partial charge in [-0.1, -0.05) is 24.2 Å². The van der Waals surface area contributed by atoms with Gasteiger partial charge in [0.15, 0.2) is 5.58 Å². The number of nitrogens with zero attached hydrogens (tertiary/aromatic N) is 1. The molecule has 0 aliphatic heterocycles. The van der Waals surface area contributed by atoms with E-state index in [0.717, 1.165) is 22.2 Å². The first kappa shape index (κ1) is 9.21. The standard InChI is InChI=1S/C11H13NO2/c1-7(6-13)9-4-3-5-10-8(2)12-14-11(9)10/h3-5,7,13H,6H2,1-2H3. The topological polar surface area (TPSA) is 46.3 Å². The summed E-state index contributed by atoms with van der Waals surface area (Å²) in [5.41, 5.74) is 2.71. The number of aliphatic hydroxyl groups is 1. The molecule has 0 spiro atoms. The molecule has 0 saturated carbocycles. The second-order valence-corrected chi connectivity index (χ2v) is 3.58. The molecule has 14 heavy (non-hydrogen) atoms. The van der Waals surface area contributed by atoms with Gasteiger partial charge in [-0.3, -0.25) is 0 Å². The molecule has 0 radical (unpaired) electrons. The van der Waals surface area contributed by atoms with Gasteiger partial charge >= 0.3 is 0 Å². The lowest BCUT2D eigenvalue weighted by molar-refractivity contribution is 0.272. The van der Waals surface area contributed by atoms with Crippen molar-refractivity contribution in [3.05, 3.63) is 29.5 Å². The summed E-state index contributed by atoms with van der Waals surface area (Å²) in [6.45, 7) is 4.00. The molecule has 0 fully saturated rings. The maximum absolute atomic E-state index is 9.09. The third kappa shape index (κ3) is 1.30. The highest BCUT2D eigenvalue weighted by Gasteiger charge is 2.13. The van der Waals surface area contributed by atoms with Crippen LogP contribution in [0.25, 0.3) is 11.0 Å². The lowest BCUT2D eigenvalue weighted by atomic mass is 10.00. The van der Waals surface area contributed by atoms with E-state index in [0.29, 0.717) is 0 Å². The van der Waals surface area contributed by atoms with Crippen molar-refractivity contribution in [2.24, 2.45) is 0 Å². The zero-order chi connectivity index (χ0) is 10.1. The second-order valence-electron chi connectivity index (χ2n) is 3.58. The van der Waals surface area contributed by atoms with Crippen LogP contribution >= 0.6 is 0 Å². The minimum atomic E-state index is 0.0889. The number of aryl methyl sites for hydroxylation is 1. The van der Waals surface area contributed by atoms with E-state index in [4.69, 9.17) is 9.63 Å². The third-order valence-corrected chi connectivity index (χ3v) is 2.51. The van der Waals surface area contributed by atoms with Crippen LogP contribution in [0.1, 0.15) is 24.1 Å². The minimum Gasteiger partial charge on any atom is -0.396 e. The van der Waals surface area contributed by atoms with Crippen LogP contribution in [-0.4, -0.2) is 16.9 Å². The van der Waals surface area contributed by atoms with Gasteiger partial charge in [-0.2, -0.15) is 0 Å². The van der Waals surface area contributed by atoms with E-state index in [1.54, 1.807) is 0 Å². The fraction of sp³-hybridized carbons (Fsp3) is 0.364. The predicted octanol–water partition coefficient (Wildman–Crippen LogP) is 2.23. The van der Waals surface area contributed by atoms with Gasteiger partial charge in [-0.25, -0.2) is 0 Å². The summed E-state index contributed by atoms with van der Waals surface area (Å²) in [6, 6.07) is 5.91. The molecule has 1 atom stereocenters. The Balaban J connectivity index is 2.65. The molecule has 1 N–H and O–H groups in total. The van der Waals surface area contributed by atoms with Gasteiger partial charge in [0.25, 0.3) is 0 Å². The van der Waals surface area contributed by atoms with Crippen LogP contribution in [0.4, 0.5) is 0 Å². The van der Waals surface area contributed by atoms with E-state index in [-0.39, 0.29) is 12.5 Å². The molecule has 0 aliphatic carbocycles. The molecule has 0 aliphatic rings. The van der Waals surface area contributed by atoms with Gasteiger partial charge in [-0.05, 0) is 13.0 Å². The molecule has 3 heteroatoms. The normalized spacial score (nSPS) is 13.4. The fourth-order valence-electron chi connectivity index (χ4n) is 1.59. The highest BCUT2D eigenvalue weighted by Crippen LogP contribution is 2.26. The molecular weight excluding hydrogens is 178 g/mol. The van der Waals surface area contributed by atoms with Gasteiger partial charge in [0.1, 0.15) is 0 Å². The largest absolute Gasteiger partial charge is 0.396 e. The quantitative estimate of drug-likeness (QED) is 0.791. The maximum atomic E-state index is 9.09. The van der Waals surface area contributed by atoms with Crippen LogP contribution < -0.4 is 0 Å². The molecule has 2 aromatic rings. The van der Waals surface area contributed by atoms with Gasteiger partial charge in [0.05, 0.1) is 5.69 Å². The highest BCUT2D eigenvalue weighted by atomic mass is 16.5. The lowest BCUT2D eigenvalue weighted by Gasteiger charge is -2.07. The molecule has 2 rings (SSSR count). The number of para-hydroxylation sites is 1. The molecule has 1 heterocycles. The van der Waals surface area contributed by atoms with Crippen LogP contribution in [0, 0.1) is 6.92 Å². The van der Waals surface area contributed by atoms with Gasteiger partial charge in [0, 0.05) is 23.5 Å². The average Bonchev–Trinajstić information content (AvgIpc) is 2.59. The number of fused-ring (bicyclic) bond motifs is 1. The summed E-state index contributed by atoms with van der Waals surface area (Å²) in [6.07, 6.45) is 0. The Morgan fingerprint density at radius 3 is 3.00 bits per heavy atom. The SMILES string of the molecule is Cc1noc2c(C(C)CO)cccc12. The number of hydrogen-bond donors (Lipinski definition) is 1. The number of rotatable bonds is 2. The van der Waals surface area contributed by atoms with E-state index >= 15 is 0 Å². The summed E-state index contributed by atoms with van der Waals surface area (Å²) >= 11 is 0. The Morgan fingerprint density at radius 1 is 1.50 bits per heavy atom. The molecule has 1 unspecified atom stereocenters. The monoisotopic (exact) mass is 191 g/mol. The minimum absolute atomic E-state index is 0.0889. The van der Waals surface area contributed by atoms with Crippen molar-refractivity contribution < 1.29 is 9.63 Å². The second kappa shape index (κ2) is 3.42. The Hall–Kier alpha value is -1.35. The van der Waals surface area contributed by atoms with Crippen molar-refractivity contribution in [2.45, 2.75) is 19.8 Å². The van der Waals surface area contributed by atoms with Crippen LogP contribution in [0.2, 0.25) is 0 Å². The molecule has 0 amide bonds. The van der Waals surface area contributed by atoms with E-state index < -0.39 is 0 Å². The van der Waals surface area contributed by atoms with E-state index in [1.165, 1.54) is 0 Å². The van der Waals surface area contributed by atoms with E-state index in [1.807, 2.05) is 32.0 Å². The first-order chi connectivity index (χ1) is 6.74. The zero-order valence-corrected chi connectivity index (χ0v) is 8.32. The first-order valence-corrected chi connectivity index (χ1v) is 4.69. The molecule has 74 valence electrons. The van der Waals surface area contributed by atoms with Crippen molar-refractivity contribution in [3.63, 3.8) is 0 Å². The average molecular weight is 191 g/mol. The van der Waals surface area contributed by atoms with Crippen LogP contribution in [0.5, 0.6) is 0 Å². The lowest BCUT2D eigenvalue weighted by Crippen LogP contribution is -1.98. The smallest absolute Gasteiger partial charge is 0.170 e. The molecular formula is C11H13NO2. The van der Waals surface area contributed by atoms with Crippen LogP contribution in [0.15, 0.2) is 22.7 Å². The Morgan fingerprint density at radius 2 is 2.29 bits per heavy atom. The first-order valence-electron chi connectivity index (χ1n) is 4.69. The number of aliphatic hydroxyl groups excluding tert-OH is 1. The van der Waals surface area contributed by atoms with Crippen LogP contribution in [0.3, 0.4) is 0 Å². The van der Waals surface area contributed by atoms with Crippen molar-refractivity contribution in [2.75, 3.05) is 6.61 Å². The molecule has 0 saturated heterocycles. The van der Waals surface area contributed by atoms with Crippen molar-refractivity contribution in [1.29, 1.82) is 0 Å². The van der Waals surface area contributed by atoms with E-state index in [2.05, 4.69) is 5.16 Å². The van der Waals surface area contributed by atoms with E-state index in [9.17, 15) is 0 Å². The summed E-state index contributed by atoms with van der Waals surface area (Å²) in [4.78, 5) is 0. The number of aromatic nitrogens is 1. The number of hydrogen-bond acceptors (Lipinski definition) is 3. The molecule has 1 aromatic heterocycles. The Bertz CT molecular complexity index is 447. The van der Waals surface area contributed by atoms with Crippen LogP contribution in [-0.2, 0) is 0 Å². The van der Waals surface area contributed by atoms with Crippen molar-refractivity contribution in [1.82, 2.24) is 5.16 Å². The van der Waals surface area contributed by atoms with Gasteiger partial charge in [0.2, 0.25) is 0 Å². The summed E-state index contributed by atoms with van der Waals surface area (Å²) < 4.78 is 5.24. The van der Waals surface area contributed by atoms with Crippen molar-refractivity contribution >= 4 is 11.0 Å². The maximum Gasteiger partial charge on any atom is 0.170 e. The van der Waals surface area contributed by atoms with Crippen molar-refractivity contribution in [3.8, 4) is 0 Å².